The molecule has 1 heterocycles. The summed E-state index contributed by atoms with van der Waals surface area (Å²) in [5, 5.41) is 0. The Bertz CT molecular complexity index is 179. The van der Waals surface area contributed by atoms with Gasteiger partial charge in [0.2, 0.25) is 5.91 Å². The summed E-state index contributed by atoms with van der Waals surface area (Å²) in [6, 6.07) is 0.229. The van der Waals surface area contributed by atoms with E-state index >= 15 is 0 Å². The maximum absolute atomic E-state index is 11.2. The van der Waals surface area contributed by atoms with Gasteiger partial charge in [-0.3, -0.25) is 4.79 Å². The first kappa shape index (κ1) is 8.24. The third kappa shape index (κ3) is 1.42. The highest BCUT2D eigenvalue weighted by atomic mass is 16.2. The minimum Gasteiger partial charge on any atom is -0.333 e. The molecular weight excluding hydrogens is 142 g/mol. The van der Waals surface area contributed by atoms with Crippen LogP contribution in [0.3, 0.4) is 0 Å². The number of hydrogen-bond acceptors (Lipinski definition) is 2. The zero-order chi connectivity index (χ0) is 8.43. The van der Waals surface area contributed by atoms with E-state index in [9.17, 15) is 9.59 Å². The number of hydrogen-bond donors (Lipinski definition) is 0. The van der Waals surface area contributed by atoms with Crippen molar-refractivity contribution in [1.82, 2.24) is 4.90 Å². The molecule has 1 amide bonds. The van der Waals surface area contributed by atoms with Crippen LogP contribution in [0.1, 0.15) is 20.3 Å². The second kappa shape index (κ2) is 3.03. The highest BCUT2D eigenvalue weighted by Gasteiger charge is 2.32. The summed E-state index contributed by atoms with van der Waals surface area (Å²) < 4.78 is 0. The van der Waals surface area contributed by atoms with Crippen molar-refractivity contribution >= 4 is 12.2 Å². The Labute approximate surface area is 66.4 Å². The molecule has 1 fully saturated rings. The zero-order valence-corrected chi connectivity index (χ0v) is 6.91. The van der Waals surface area contributed by atoms with E-state index in [1.165, 1.54) is 0 Å². The number of likely N-dealkylation sites (tertiary alicyclic amines) is 1. The van der Waals surface area contributed by atoms with Crippen LogP contribution >= 0.6 is 0 Å². The van der Waals surface area contributed by atoms with E-state index in [2.05, 4.69) is 0 Å². The fourth-order valence-electron chi connectivity index (χ4n) is 1.45. The van der Waals surface area contributed by atoms with Crippen molar-refractivity contribution in [3.05, 3.63) is 0 Å². The molecule has 2 unspecified atom stereocenters. The van der Waals surface area contributed by atoms with Crippen molar-refractivity contribution in [3.8, 4) is 0 Å². The van der Waals surface area contributed by atoms with E-state index in [1.807, 2.05) is 13.8 Å². The number of carbonyl (C=O) groups excluding carboxylic acids is 2. The highest BCUT2D eigenvalue weighted by Crippen LogP contribution is 2.23. The highest BCUT2D eigenvalue weighted by molar-refractivity contribution is 5.81. The van der Waals surface area contributed by atoms with Crippen LogP contribution in [0, 0.1) is 5.92 Å². The maximum atomic E-state index is 11.2. The Morgan fingerprint density at radius 2 is 2.27 bits per heavy atom. The molecule has 3 nitrogen and oxygen atoms in total. The van der Waals surface area contributed by atoms with Crippen LogP contribution in [-0.2, 0) is 9.59 Å². The fourth-order valence-corrected chi connectivity index (χ4v) is 1.45. The summed E-state index contributed by atoms with van der Waals surface area (Å²) in [7, 11) is 0. The zero-order valence-electron chi connectivity index (χ0n) is 6.91. The van der Waals surface area contributed by atoms with E-state index in [4.69, 9.17) is 0 Å². The molecule has 0 radical (unpaired) electrons. The van der Waals surface area contributed by atoms with Crippen molar-refractivity contribution in [2.45, 2.75) is 26.3 Å². The normalized spacial score (nSPS) is 31.1. The van der Waals surface area contributed by atoms with Crippen LogP contribution in [0.5, 0.6) is 0 Å². The van der Waals surface area contributed by atoms with E-state index in [1.54, 1.807) is 4.90 Å². The Kier molecular flexibility index (Phi) is 2.27. The van der Waals surface area contributed by atoms with E-state index in [0.29, 0.717) is 12.3 Å². The summed E-state index contributed by atoms with van der Waals surface area (Å²) in [5.74, 6) is 0.500. The van der Waals surface area contributed by atoms with Gasteiger partial charge in [0.25, 0.3) is 0 Å². The van der Waals surface area contributed by atoms with Crippen LogP contribution in [0.2, 0.25) is 0 Å². The molecule has 0 N–H and O–H groups in total. The first-order chi connectivity index (χ1) is 5.16. The molecule has 0 saturated carbocycles. The topological polar surface area (TPSA) is 37.4 Å². The molecule has 0 aromatic heterocycles. The number of nitrogens with zero attached hydrogens (tertiary/aromatic N) is 1. The quantitative estimate of drug-likeness (QED) is 0.543. The smallest absolute Gasteiger partial charge is 0.223 e. The minimum absolute atomic E-state index is 0.108. The first-order valence-electron chi connectivity index (χ1n) is 3.90. The molecular formula is C8H13NO2. The molecule has 0 spiro atoms. The molecule has 2 atom stereocenters. The molecule has 1 aliphatic heterocycles. The van der Waals surface area contributed by atoms with Gasteiger partial charge in [-0.25, -0.2) is 0 Å². The third-order valence-electron chi connectivity index (χ3n) is 2.40. The van der Waals surface area contributed by atoms with Crippen molar-refractivity contribution in [3.63, 3.8) is 0 Å². The van der Waals surface area contributed by atoms with E-state index < -0.39 is 0 Å². The van der Waals surface area contributed by atoms with Gasteiger partial charge in [-0.15, -0.1) is 0 Å². The Hall–Kier alpha value is -0.860. The molecule has 0 bridgehead atoms. The fraction of sp³-hybridized carbons (Fsp3) is 0.750. The van der Waals surface area contributed by atoms with Crippen molar-refractivity contribution in [2.75, 3.05) is 6.54 Å². The number of aldehydes is 1. The van der Waals surface area contributed by atoms with Crippen LogP contribution in [0.4, 0.5) is 0 Å². The monoisotopic (exact) mass is 155 g/mol. The maximum Gasteiger partial charge on any atom is 0.223 e. The average Bonchev–Trinajstić information content (AvgIpc) is 2.17. The van der Waals surface area contributed by atoms with Crippen molar-refractivity contribution in [2.24, 2.45) is 5.92 Å². The molecule has 0 aliphatic carbocycles. The van der Waals surface area contributed by atoms with Crippen LogP contribution in [-0.4, -0.2) is 29.7 Å². The SMILES string of the molecule is CC1CC(=O)N(CC=O)C1C. The molecule has 1 aliphatic rings. The number of rotatable bonds is 2. The summed E-state index contributed by atoms with van der Waals surface area (Å²) in [6.45, 7) is 4.27. The van der Waals surface area contributed by atoms with Gasteiger partial charge in [0.05, 0.1) is 6.54 Å². The molecule has 11 heavy (non-hydrogen) atoms. The largest absolute Gasteiger partial charge is 0.333 e. The van der Waals surface area contributed by atoms with E-state index in [0.717, 1.165) is 6.29 Å². The van der Waals surface area contributed by atoms with Gasteiger partial charge in [-0.1, -0.05) is 6.92 Å². The van der Waals surface area contributed by atoms with Gasteiger partial charge in [0.1, 0.15) is 6.29 Å². The molecule has 1 saturated heterocycles. The predicted octanol–water partition coefficient (Wildman–Crippen LogP) is 0.442. The Morgan fingerprint density at radius 3 is 2.64 bits per heavy atom. The van der Waals surface area contributed by atoms with E-state index in [-0.39, 0.29) is 18.5 Å². The van der Waals surface area contributed by atoms with Crippen LogP contribution in [0.25, 0.3) is 0 Å². The molecule has 62 valence electrons. The van der Waals surface area contributed by atoms with Gasteiger partial charge in [-0.05, 0) is 12.8 Å². The minimum atomic E-state index is 0.108. The lowest BCUT2D eigenvalue weighted by Crippen LogP contribution is -2.33. The lowest BCUT2D eigenvalue weighted by Gasteiger charge is -2.20. The number of amides is 1. The second-order valence-electron chi connectivity index (χ2n) is 3.13. The molecule has 3 heteroatoms. The second-order valence-corrected chi connectivity index (χ2v) is 3.13. The third-order valence-corrected chi connectivity index (χ3v) is 2.40. The van der Waals surface area contributed by atoms with Gasteiger partial charge in [0.15, 0.2) is 0 Å². The van der Waals surface area contributed by atoms with Crippen LogP contribution in [0.15, 0.2) is 0 Å². The van der Waals surface area contributed by atoms with Crippen molar-refractivity contribution < 1.29 is 9.59 Å². The Morgan fingerprint density at radius 1 is 1.64 bits per heavy atom. The van der Waals surface area contributed by atoms with Crippen molar-refractivity contribution in [1.29, 1.82) is 0 Å². The average molecular weight is 155 g/mol. The Balaban J connectivity index is 2.63. The van der Waals surface area contributed by atoms with Gasteiger partial charge in [-0.2, -0.15) is 0 Å². The van der Waals surface area contributed by atoms with Gasteiger partial charge >= 0.3 is 0 Å². The number of carbonyl (C=O) groups is 2. The first-order valence-corrected chi connectivity index (χ1v) is 3.90. The summed E-state index contributed by atoms with van der Waals surface area (Å²) in [6.07, 6.45) is 1.38. The molecule has 1 rings (SSSR count). The van der Waals surface area contributed by atoms with Gasteiger partial charge in [0, 0.05) is 12.5 Å². The lowest BCUT2D eigenvalue weighted by atomic mass is 10.1. The van der Waals surface area contributed by atoms with Crippen LogP contribution < -0.4 is 0 Å². The summed E-state index contributed by atoms with van der Waals surface area (Å²) in [5.41, 5.74) is 0. The standard InChI is InChI=1S/C8H13NO2/c1-6-5-8(11)9(3-4-10)7(6)2/h4,6-7H,3,5H2,1-2H3. The summed E-state index contributed by atoms with van der Waals surface area (Å²) in [4.78, 5) is 23.0. The van der Waals surface area contributed by atoms with Gasteiger partial charge < -0.3 is 9.69 Å². The summed E-state index contributed by atoms with van der Waals surface area (Å²) >= 11 is 0. The molecule has 0 aromatic carbocycles. The molecule has 0 aromatic rings. The predicted molar refractivity (Wildman–Crippen MR) is 41.0 cm³/mol. The lowest BCUT2D eigenvalue weighted by molar-refractivity contribution is -0.130.